The number of ketones is 1. The summed E-state index contributed by atoms with van der Waals surface area (Å²) in [5, 5.41) is 0. The Hall–Kier alpha value is -1.11. The van der Waals surface area contributed by atoms with E-state index in [-0.39, 0.29) is 5.78 Å². The normalized spacial score (nSPS) is 12.6. The van der Waals surface area contributed by atoms with Gasteiger partial charge in [0.1, 0.15) is 0 Å². The van der Waals surface area contributed by atoms with Gasteiger partial charge in [0.25, 0.3) is 0 Å². The molecule has 0 spiro atoms. The van der Waals surface area contributed by atoms with Crippen LogP contribution >= 0.6 is 0 Å². The van der Waals surface area contributed by atoms with E-state index in [1.807, 2.05) is 13.0 Å². The Morgan fingerprint density at radius 1 is 0.938 bits per heavy atom. The van der Waals surface area contributed by atoms with E-state index in [1.54, 1.807) is 6.92 Å². The van der Waals surface area contributed by atoms with Crippen LogP contribution in [0, 0.1) is 0 Å². The monoisotopic (exact) mass is 220 g/mol. The van der Waals surface area contributed by atoms with Crippen LogP contribution in [-0.4, -0.2) is 5.78 Å². The lowest BCUT2D eigenvalue weighted by atomic mass is 10.1. The highest BCUT2D eigenvalue weighted by Crippen LogP contribution is 2.08. The highest BCUT2D eigenvalue weighted by molar-refractivity contribution is 5.92. The molecule has 0 saturated carbocycles. The number of carbonyl (C=O) groups is 1. The first-order chi connectivity index (χ1) is 7.43. The average molecular weight is 220 g/mol. The van der Waals surface area contributed by atoms with E-state index in [0.29, 0.717) is 0 Å². The Balaban J connectivity index is 4.01. The summed E-state index contributed by atoms with van der Waals surface area (Å²) in [5.74, 6) is 0.163. The van der Waals surface area contributed by atoms with Gasteiger partial charge in [0.2, 0.25) is 0 Å². The number of allylic oxidation sites excluding steroid dienone is 6. The van der Waals surface area contributed by atoms with Gasteiger partial charge in [0.15, 0.2) is 5.78 Å². The second-order valence-corrected chi connectivity index (χ2v) is 4.55. The summed E-state index contributed by atoms with van der Waals surface area (Å²) in [4.78, 5) is 11.0. The molecule has 0 aromatic carbocycles. The van der Waals surface area contributed by atoms with Crippen molar-refractivity contribution in [3.8, 4) is 0 Å². The second-order valence-electron chi connectivity index (χ2n) is 4.55. The van der Waals surface area contributed by atoms with Gasteiger partial charge in [-0.05, 0) is 59.5 Å². The maximum atomic E-state index is 11.0. The standard InChI is InChI=1S/C15H24O/c1-12(2)8-6-9-13(3)10-7-11-14(4)15(5)16/h8,10-11H,6-7,9H2,1-5H3/b13-10+,14-11?. The van der Waals surface area contributed by atoms with Gasteiger partial charge in [-0.25, -0.2) is 0 Å². The van der Waals surface area contributed by atoms with Crippen molar-refractivity contribution in [2.24, 2.45) is 0 Å². The Labute approximate surface area is 99.9 Å². The molecule has 1 nitrogen and oxygen atoms in total. The Bertz CT molecular complexity index is 312. The van der Waals surface area contributed by atoms with E-state index >= 15 is 0 Å². The maximum absolute atomic E-state index is 11.0. The van der Waals surface area contributed by atoms with E-state index in [0.717, 1.165) is 24.8 Å². The molecule has 0 aliphatic carbocycles. The van der Waals surface area contributed by atoms with Crippen LogP contribution in [0.4, 0.5) is 0 Å². The lowest BCUT2D eigenvalue weighted by molar-refractivity contribution is -0.113. The van der Waals surface area contributed by atoms with Gasteiger partial charge in [0.05, 0.1) is 0 Å². The first-order valence-corrected chi connectivity index (χ1v) is 5.90. The molecule has 0 saturated heterocycles. The molecule has 0 atom stereocenters. The topological polar surface area (TPSA) is 17.1 Å². The van der Waals surface area contributed by atoms with E-state index < -0.39 is 0 Å². The van der Waals surface area contributed by atoms with Crippen LogP contribution in [0.5, 0.6) is 0 Å². The molecule has 0 radical (unpaired) electrons. The van der Waals surface area contributed by atoms with Crippen molar-refractivity contribution in [2.45, 2.75) is 53.9 Å². The van der Waals surface area contributed by atoms with Crippen molar-refractivity contribution in [1.82, 2.24) is 0 Å². The van der Waals surface area contributed by atoms with Gasteiger partial charge in [-0.15, -0.1) is 0 Å². The number of Topliss-reactive ketones (excluding diaryl/α,β-unsaturated/α-hetero) is 1. The third kappa shape index (κ3) is 8.22. The Kier molecular flexibility index (Phi) is 7.53. The SMILES string of the molecule is CC(=O)C(C)=CC/C=C(\C)CCC=C(C)C. The van der Waals surface area contributed by atoms with E-state index in [4.69, 9.17) is 0 Å². The molecule has 0 aromatic rings. The zero-order chi connectivity index (χ0) is 12.6. The minimum atomic E-state index is 0.163. The summed E-state index contributed by atoms with van der Waals surface area (Å²) in [6, 6.07) is 0. The van der Waals surface area contributed by atoms with Crippen molar-refractivity contribution in [2.75, 3.05) is 0 Å². The molecule has 16 heavy (non-hydrogen) atoms. The zero-order valence-corrected chi connectivity index (χ0v) is 11.3. The molecule has 0 bridgehead atoms. The molecule has 0 amide bonds. The molecule has 0 N–H and O–H groups in total. The summed E-state index contributed by atoms with van der Waals surface area (Å²) >= 11 is 0. The van der Waals surface area contributed by atoms with Crippen molar-refractivity contribution < 1.29 is 4.79 Å². The van der Waals surface area contributed by atoms with Gasteiger partial charge < -0.3 is 0 Å². The number of rotatable bonds is 6. The summed E-state index contributed by atoms with van der Waals surface area (Å²) in [7, 11) is 0. The molecular weight excluding hydrogens is 196 g/mol. The fourth-order valence-corrected chi connectivity index (χ4v) is 1.27. The zero-order valence-electron chi connectivity index (χ0n) is 11.3. The third-order valence-corrected chi connectivity index (χ3v) is 2.54. The highest BCUT2D eigenvalue weighted by atomic mass is 16.1. The first-order valence-electron chi connectivity index (χ1n) is 5.90. The lowest BCUT2D eigenvalue weighted by Gasteiger charge is -1.98. The van der Waals surface area contributed by atoms with Crippen LogP contribution in [0.15, 0.2) is 34.9 Å². The van der Waals surface area contributed by atoms with Crippen LogP contribution in [-0.2, 0) is 4.79 Å². The molecule has 0 unspecified atom stereocenters. The molecule has 0 rings (SSSR count). The van der Waals surface area contributed by atoms with Crippen LogP contribution in [0.1, 0.15) is 53.9 Å². The summed E-state index contributed by atoms with van der Waals surface area (Å²) in [6.45, 7) is 9.87. The number of carbonyl (C=O) groups excluding carboxylic acids is 1. The van der Waals surface area contributed by atoms with Crippen molar-refractivity contribution in [3.63, 3.8) is 0 Å². The number of hydrogen-bond donors (Lipinski definition) is 0. The van der Waals surface area contributed by atoms with Gasteiger partial charge in [0, 0.05) is 0 Å². The van der Waals surface area contributed by atoms with Crippen LogP contribution in [0.25, 0.3) is 0 Å². The predicted molar refractivity (Wildman–Crippen MR) is 71.5 cm³/mol. The van der Waals surface area contributed by atoms with Crippen LogP contribution in [0.2, 0.25) is 0 Å². The van der Waals surface area contributed by atoms with Gasteiger partial charge in [-0.3, -0.25) is 4.79 Å². The second kappa shape index (κ2) is 8.09. The molecule has 1 heteroatoms. The van der Waals surface area contributed by atoms with Crippen LogP contribution < -0.4 is 0 Å². The van der Waals surface area contributed by atoms with Crippen LogP contribution in [0.3, 0.4) is 0 Å². The lowest BCUT2D eigenvalue weighted by Crippen LogP contribution is -1.90. The van der Waals surface area contributed by atoms with Crippen molar-refractivity contribution in [3.05, 3.63) is 34.9 Å². The minimum Gasteiger partial charge on any atom is -0.295 e. The molecule has 0 heterocycles. The smallest absolute Gasteiger partial charge is 0.155 e. The molecule has 0 aliphatic rings. The quantitative estimate of drug-likeness (QED) is 0.472. The van der Waals surface area contributed by atoms with Gasteiger partial charge >= 0.3 is 0 Å². The largest absolute Gasteiger partial charge is 0.295 e. The van der Waals surface area contributed by atoms with E-state index in [2.05, 4.69) is 32.9 Å². The molecule has 90 valence electrons. The average Bonchev–Trinajstić information content (AvgIpc) is 2.16. The minimum absolute atomic E-state index is 0.163. The molecular formula is C15H24O. The molecule has 0 aliphatic heterocycles. The van der Waals surface area contributed by atoms with Gasteiger partial charge in [-0.1, -0.05) is 29.4 Å². The summed E-state index contributed by atoms with van der Waals surface area (Å²) in [5.41, 5.74) is 3.62. The predicted octanol–water partition coefficient (Wildman–Crippen LogP) is 4.60. The van der Waals surface area contributed by atoms with Crippen molar-refractivity contribution in [1.29, 1.82) is 0 Å². The maximum Gasteiger partial charge on any atom is 0.155 e. The van der Waals surface area contributed by atoms with Crippen molar-refractivity contribution >= 4 is 5.78 Å². The highest BCUT2D eigenvalue weighted by Gasteiger charge is 1.93. The molecule has 0 fully saturated rings. The summed E-state index contributed by atoms with van der Waals surface area (Å²) < 4.78 is 0. The summed E-state index contributed by atoms with van der Waals surface area (Å²) in [6.07, 6.45) is 9.54. The van der Waals surface area contributed by atoms with E-state index in [1.165, 1.54) is 11.1 Å². The van der Waals surface area contributed by atoms with E-state index in [9.17, 15) is 4.79 Å². The first kappa shape index (κ1) is 14.9. The fraction of sp³-hybridized carbons (Fsp3) is 0.533. The van der Waals surface area contributed by atoms with Gasteiger partial charge in [-0.2, -0.15) is 0 Å². The third-order valence-electron chi connectivity index (χ3n) is 2.54. The Morgan fingerprint density at radius 2 is 1.56 bits per heavy atom. The fourth-order valence-electron chi connectivity index (χ4n) is 1.27. The molecule has 0 aromatic heterocycles. The number of hydrogen-bond acceptors (Lipinski definition) is 1. The Morgan fingerprint density at radius 3 is 2.06 bits per heavy atom.